The Bertz CT molecular complexity index is 474. The molecule has 0 radical (unpaired) electrons. The van der Waals surface area contributed by atoms with Gasteiger partial charge in [-0.25, -0.2) is 0 Å². The number of aromatic amines is 1. The zero-order chi connectivity index (χ0) is 11.8. The zero-order valence-corrected chi connectivity index (χ0v) is 8.88. The lowest BCUT2D eigenvalue weighted by Crippen LogP contribution is -2.01. The van der Waals surface area contributed by atoms with Gasteiger partial charge in [-0.3, -0.25) is 14.6 Å². The van der Waals surface area contributed by atoms with Gasteiger partial charge in [0.1, 0.15) is 0 Å². The highest BCUT2D eigenvalue weighted by molar-refractivity contribution is 5.93. The number of nitrogens with one attached hydrogen (secondary N) is 1. The van der Waals surface area contributed by atoms with E-state index in [2.05, 4.69) is 9.97 Å². The number of rotatable bonds is 1. The van der Waals surface area contributed by atoms with Crippen molar-refractivity contribution in [1.29, 1.82) is 0 Å². The van der Waals surface area contributed by atoms with Crippen LogP contribution in [0.4, 0.5) is 0 Å². The van der Waals surface area contributed by atoms with E-state index in [1.807, 2.05) is 30.3 Å². The van der Waals surface area contributed by atoms with Crippen molar-refractivity contribution in [3.8, 4) is 0 Å². The highest BCUT2D eigenvalue weighted by atomic mass is 16.1. The predicted molar refractivity (Wildman–Crippen MR) is 61.3 cm³/mol. The van der Waals surface area contributed by atoms with Gasteiger partial charge in [-0.2, -0.15) is 0 Å². The Kier molecular flexibility index (Phi) is 4.66. The summed E-state index contributed by atoms with van der Waals surface area (Å²) in [5.74, 6) is 0.121. The second kappa shape index (κ2) is 6.29. The van der Waals surface area contributed by atoms with E-state index in [0.717, 1.165) is 5.56 Å². The molecule has 4 heteroatoms. The maximum Gasteiger partial charge on any atom is 0.266 e. The molecule has 1 aromatic heterocycles. The Morgan fingerprint density at radius 1 is 1.25 bits per heavy atom. The van der Waals surface area contributed by atoms with E-state index in [0.29, 0.717) is 0 Å². The fourth-order valence-electron chi connectivity index (χ4n) is 0.983. The molecule has 0 unspecified atom stereocenters. The van der Waals surface area contributed by atoms with E-state index in [9.17, 15) is 9.59 Å². The molecule has 0 aliphatic heterocycles. The first kappa shape index (κ1) is 11.8. The van der Waals surface area contributed by atoms with Crippen molar-refractivity contribution in [3.63, 3.8) is 0 Å². The summed E-state index contributed by atoms with van der Waals surface area (Å²) in [4.78, 5) is 26.8. The van der Waals surface area contributed by atoms with Crippen LogP contribution < -0.4 is 5.56 Å². The maximum atomic E-state index is 10.6. The number of benzene rings is 1. The lowest BCUT2D eigenvalue weighted by atomic mass is 10.2. The molecule has 4 nitrogen and oxygen atoms in total. The minimum Gasteiger partial charge on any atom is -0.326 e. The highest BCUT2D eigenvalue weighted by Gasteiger charge is 1.92. The van der Waals surface area contributed by atoms with Crippen molar-refractivity contribution >= 4 is 5.78 Å². The molecule has 0 aliphatic carbocycles. The van der Waals surface area contributed by atoms with E-state index in [1.54, 1.807) is 6.92 Å². The number of carbonyl (C=O) groups is 1. The first-order chi connectivity index (χ1) is 7.70. The number of Topliss-reactive ketones (excluding diaryl/α,β-unsaturated/α-hetero) is 1. The van der Waals surface area contributed by atoms with Gasteiger partial charge in [-0.15, -0.1) is 0 Å². The molecule has 0 amide bonds. The lowest BCUT2D eigenvalue weighted by Gasteiger charge is -1.89. The molecule has 2 rings (SSSR count). The topological polar surface area (TPSA) is 62.8 Å². The normalized spacial score (nSPS) is 8.81. The van der Waals surface area contributed by atoms with E-state index >= 15 is 0 Å². The van der Waals surface area contributed by atoms with Crippen LogP contribution in [0.3, 0.4) is 0 Å². The number of H-pyrrole nitrogens is 1. The Morgan fingerprint density at radius 2 is 1.94 bits per heavy atom. The Morgan fingerprint density at radius 3 is 2.25 bits per heavy atom. The van der Waals surface area contributed by atoms with Gasteiger partial charge in [0.2, 0.25) is 0 Å². The third kappa shape index (κ3) is 4.32. The standard InChI is InChI=1S/C8H8O.C4H4N2O/c1-7(9)8-5-3-2-4-6-8;7-4-3-5-1-2-6-4/h2-6H,1H3;1-3H,(H,6,7). The molecule has 0 spiro atoms. The summed E-state index contributed by atoms with van der Waals surface area (Å²) >= 11 is 0. The first-order valence-electron chi connectivity index (χ1n) is 4.75. The summed E-state index contributed by atoms with van der Waals surface area (Å²) in [5, 5.41) is 0. The smallest absolute Gasteiger partial charge is 0.266 e. The van der Waals surface area contributed by atoms with Crippen molar-refractivity contribution < 1.29 is 4.79 Å². The summed E-state index contributed by atoms with van der Waals surface area (Å²) in [6.07, 6.45) is 4.23. The van der Waals surface area contributed by atoms with Gasteiger partial charge in [0, 0.05) is 18.0 Å². The Balaban J connectivity index is 0.000000165. The van der Waals surface area contributed by atoms with E-state index in [4.69, 9.17) is 0 Å². The van der Waals surface area contributed by atoms with Crippen molar-refractivity contribution in [2.45, 2.75) is 6.92 Å². The quantitative estimate of drug-likeness (QED) is 0.737. The van der Waals surface area contributed by atoms with Gasteiger partial charge in [0.25, 0.3) is 5.56 Å². The molecule has 0 aliphatic rings. The molecule has 1 heterocycles. The third-order valence-electron chi connectivity index (χ3n) is 1.76. The maximum absolute atomic E-state index is 10.6. The van der Waals surface area contributed by atoms with Crippen molar-refractivity contribution in [3.05, 3.63) is 64.8 Å². The summed E-state index contributed by atoms with van der Waals surface area (Å²) in [6, 6.07) is 9.23. The van der Waals surface area contributed by atoms with Crippen LogP contribution in [0.2, 0.25) is 0 Å². The molecule has 16 heavy (non-hydrogen) atoms. The summed E-state index contributed by atoms with van der Waals surface area (Å²) in [5.41, 5.74) is 0.611. The number of ketones is 1. The van der Waals surface area contributed by atoms with Gasteiger partial charge < -0.3 is 4.98 Å². The van der Waals surface area contributed by atoms with Crippen LogP contribution in [0.25, 0.3) is 0 Å². The highest BCUT2D eigenvalue weighted by Crippen LogP contribution is 1.97. The molecule has 0 atom stereocenters. The fraction of sp³-hybridized carbons (Fsp3) is 0.0833. The van der Waals surface area contributed by atoms with E-state index in [1.165, 1.54) is 18.6 Å². The summed E-state index contributed by atoms with van der Waals surface area (Å²) in [7, 11) is 0. The van der Waals surface area contributed by atoms with Crippen LogP contribution in [0.5, 0.6) is 0 Å². The van der Waals surface area contributed by atoms with Crippen LogP contribution in [0.1, 0.15) is 17.3 Å². The number of hydrogen-bond acceptors (Lipinski definition) is 3. The predicted octanol–water partition coefficient (Wildman–Crippen LogP) is 1.66. The number of carbonyl (C=O) groups excluding carboxylic acids is 1. The van der Waals surface area contributed by atoms with Crippen LogP contribution in [0.15, 0.2) is 53.7 Å². The minimum absolute atomic E-state index is 0.121. The molecule has 82 valence electrons. The average Bonchev–Trinajstić information content (AvgIpc) is 2.32. The molecule has 2 aromatic rings. The van der Waals surface area contributed by atoms with Gasteiger partial charge in [0.15, 0.2) is 5.78 Å². The molecule has 0 saturated carbocycles. The third-order valence-corrected chi connectivity index (χ3v) is 1.76. The largest absolute Gasteiger partial charge is 0.326 e. The molecule has 0 saturated heterocycles. The van der Waals surface area contributed by atoms with Crippen LogP contribution in [-0.4, -0.2) is 15.8 Å². The van der Waals surface area contributed by atoms with Crippen molar-refractivity contribution in [2.24, 2.45) is 0 Å². The summed E-state index contributed by atoms with van der Waals surface area (Å²) < 4.78 is 0. The molecule has 1 N–H and O–H groups in total. The minimum atomic E-state index is -0.164. The summed E-state index contributed by atoms with van der Waals surface area (Å²) in [6.45, 7) is 1.56. The van der Waals surface area contributed by atoms with Gasteiger partial charge in [0.05, 0.1) is 6.20 Å². The molecule has 0 fully saturated rings. The number of aromatic nitrogens is 2. The molecular formula is C12H12N2O2. The van der Waals surface area contributed by atoms with Crippen molar-refractivity contribution in [2.75, 3.05) is 0 Å². The van der Waals surface area contributed by atoms with Crippen molar-refractivity contribution in [1.82, 2.24) is 9.97 Å². The second-order valence-corrected chi connectivity index (χ2v) is 3.02. The SMILES string of the molecule is CC(=O)c1ccccc1.O=c1cncc[nH]1. The molecule has 1 aromatic carbocycles. The lowest BCUT2D eigenvalue weighted by molar-refractivity contribution is 0.101. The zero-order valence-electron chi connectivity index (χ0n) is 8.88. The van der Waals surface area contributed by atoms with E-state index < -0.39 is 0 Å². The van der Waals surface area contributed by atoms with Crippen LogP contribution in [0, 0.1) is 0 Å². The fourth-order valence-corrected chi connectivity index (χ4v) is 0.983. The average molecular weight is 216 g/mol. The van der Waals surface area contributed by atoms with Gasteiger partial charge in [-0.05, 0) is 6.92 Å². The van der Waals surface area contributed by atoms with E-state index in [-0.39, 0.29) is 11.3 Å². The van der Waals surface area contributed by atoms with Gasteiger partial charge in [-0.1, -0.05) is 30.3 Å². The van der Waals surface area contributed by atoms with Gasteiger partial charge >= 0.3 is 0 Å². The Hall–Kier alpha value is -2.23. The molecular weight excluding hydrogens is 204 g/mol. The first-order valence-corrected chi connectivity index (χ1v) is 4.75. The number of nitrogens with zero attached hydrogens (tertiary/aromatic N) is 1. The number of hydrogen-bond donors (Lipinski definition) is 1. The molecule has 0 bridgehead atoms. The van der Waals surface area contributed by atoms with Crippen LogP contribution in [-0.2, 0) is 0 Å². The second-order valence-electron chi connectivity index (χ2n) is 3.02. The van der Waals surface area contributed by atoms with Crippen LogP contribution >= 0.6 is 0 Å². The monoisotopic (exact) mass is 216 g/mol. The Labute approximate surface area is 93.0 Å².